The Hall–Kier alpha value is -1.10. The van der Waals surface area contributed by atoms with Gasteiger partial charge in [-0.3, -0.25) is 0 Å². The van der Waals surface area contributed by atoms with Gasteiger partial charge >= 0.3 is 0 Å². The van der Waals surface area contributed by atoms with Gasteiger partial charge in [-0.25, -0.2) is 4.98 Å². The lowest BCUT2D eigenvalue weighted by Crippen LogP contribution is -2.00. The predicted octanol–water partition coefficient (Wildman–Crippen LogP) is 3.24. The van der Waals surface area contributed by atoms with E-state index in [1.54, 1.807) is 24.5 Å². The van der Waals surface area contributed by atoms with Gasteiger partial charge in [-0.2, -0.15) is 0 Å². The average Bonchev–Trinajstić information content (AvgIpc) is 2.75. The van der Waals surface area contributed by atoms with Crippen molar-refractivity contribution >= 4 is 22.9 Å². The standard InChI is InChI=1S/C12H13ClN2OS/c1-7-12(15-6-17-7)9-3-8(5-14)11(16-2)4-10(9)13/h3-4,6H,5,14H2,1-2H3. The maximum atomic E-state index is 6.24. The zero-order chi connectivity index (χ0) is 12.4. The number of benzene rings is 1. The first-order valence-corrected chi connectivity index (χ1v) is 6.40. The predicted molar refractivity (Wildman–Crippen MR) is 71.7 cm³/mol. The molecule has 2 rings (SSSR count). The highest BCUT2D eigenvalue weighted by Gasteiger charge is 2.13. The number of halogens is 1. The molecule has 5 heteroatoms. The van der Waals surface area contributed by atoms with E-state index in [4.69, 9.17) is 22.1 Å². The molecule has 1 aromatic carbocycles. The lowest BCUT2D eigenvalue weighted by Gasteiger charge is -2.10. The first kappa shape index (κ1) is 12.4. The monoisotopic (exact) mass is 268 g/mol. The summed E-state index contributed by atoms with van der Waals surface area (Å²) in [4.78, 5) is 5.47. The van der Waals surface area contributed by atoms with Crippen LogP contribution in [0.5, 0.6) is 5.75 Å². The molecule has 2 N–H and O–H groups in total. The quantitative estimate of drug-likeness (QED) is 0.930. The van der Waals surface area contributed by atoms with E-state index in [-0.39, 0.29) is 0 Å². The summed E-state index contributed by atoms with van der Waals surface area (Å²) < 4.78 is 5.24. The maximum Gasteiger partial charge on any atom is 0.124 e. The Morgan fingerprint density at radius 1 is 1.47 bits per heavy atom. The number of nitrogens with zero attached hydrogens (tertiary/aromatic N) is 1. The Morgan fingerprint density at radius 2 is 2.24 bits per heavy atom. The van der Waals surface area contributed by atoms with Crippen molar-refractivity contribution in [3.8, 4) is 17.0 Å². The summed E-state index contributed by atoms with van der Waals surface area (Å²) in [5, 5.41) is 0.632. The highest BCUT2D eigenvalue weighted by atomic mass is 35.5. The minimum atomic E-state index is 0.413. The molecule has 0 aliphatic rings. The molecule has 3 nitrogen and oxygen atoms in total. The zero-order valence-electron chi connectivity index (χ0n) is 9.66. The van der Waals surface area contributed by atoms with Gasteiger partial charge in [0.25, 0.3) is 0 Å². The zero-order valence-corrected chi connectivity index (χ0v) is 11.2. The van der Waals surface area contributed by atoms with Gasteiger partial charge < -0.3 is 10.5 Å². The second kappa shape index (κ2) is 5.04. The molecule has 0 saturated heterocycles. The van der Waals surface area contributed by atoms with Crippen LogP contribution in [0.15, 0.2) is 17.6 Å². The van der Waals surface area contributed by atoms with Gasteiger partial charge in [0.1, 0.15) is 5.75 Å². The van der Waals surface area contributed by atoms with E-state index in [0.717, 1.165) is 21.7 Å². The molecule has 0 radical (unpaired) electrons. The van der Waals surface area contributed by atoms with Crippen molar-refractivity contribution in [3.63, 3.8) is 0 Å². The van der Waals surface area contributed by atoms with E-state index >= 15 is 0 Å². The number of hydrogen-bond acceptors (Lipinski definition) is 4. The molecule has 90 valence electrons. The van der Waals surface area contributed by atoms with E-state index in [1.165, 1.54) is 0 Å². The molecule has 0 saturated carbocycles. The Morgan fingerprint density at radius 3 is 2.76 bits per heavy atom. The normalized spacial score (nSPS) is 10.6. The molecule has 0 aliphatic carbocycles. The Kier molecular flexibility index (Phi) is 3.66. The van der Waals surface area contributed by atoms with E-state index in [2.05, 4.69) is 4.98 Å². The SMILES string of the molecule is COc1cc(Cl)c(-c2ncsc2C)cc1CN. The maximum absolute atomic E-state index is 6.24. The number of hydrogen-bond donors (Lipinski definition) is 1. The highest BCUT2D eigenvalue weighted by Crippen LogP contribution is 2.35. The van der Waals surface area contributed by atoms with Gasteiger partial charge in [-0.15, -0.1) is 11.3 Å². The van der Waals surface area contributed by atoms with E-state index in [9.17, 15) is 0 Å². The van der Waals surface area contributed by atoms with Crippen molar-refractivity contribution in [2.45, 2.75) is 13.5 Å². The van der Waals surface area contributed by atoms with E-state index in [0.29, 0.717) is 17.3 Å². The fourth-order valence-electron chi connectivity index (χ4n) is 1.69. The van der Waals surface area contributed by atoms with Crippen LogP contribution in [-0.4, -0.2) is 12.1 Å². The van der Waals surface area contributed by atoms with Gasteiger partial charge in [0, 0.05) is 22.5 Å². The second-order valence-corrected chi connectivity index (χ2v) is 5.07. The molecule has 17 heavy (non-hydrogen) atoms. The summed E-state index contributed by atoms with van der Waals surface area (Å²) in [5.74, 6) is 0.717. The number of thiazole rings is 1. The Labute approximate surface area is 109 Å². The van der Waals surface area contributed by atoms with Gasteiger partial charge in [0.05, 0.1) is 23.3 Å². The van der Waals surface area contributed by atoms with Crippen molar-refractivity contribution in [2.75, 3.05) is 7.11 Å². The van der Waals surface area contributed by atoms with Crippen LogP contribution < -0.4 is 10.5 Å². The van der Waals surface area contributed by atoms with Crippen LogP contribution in [-0.2, 0) is 6.54 Å². The van der Waals surface area contributed by atoms with Crippen LogP contribution in [0.1, 0.15) is 10.4 Å². The topological polar surface area (TPSA) is 48.1 Å². The molecule has 1 heterocycles. The Balaban J connectivity index is 2.59. The van der Waals surface area contributed by atoms with Gasteiger partial charge in [0.2, 0.25) is 0 Å². The minimum Gasteiger partial charge on any atom is -0.496 e. The smallest absolute Gasteiger partial charge is 0.124 e. The third-order valence-electron chi connectivity index (χ3n) is 2.59. The van der Waals surface area contributed by atoms with Crippen molar-refractivity contribution in [1.82, 2.24) is 4.98 Å². The average molecular weight is 269 g/mol. The molecule has 1 aromatic heterocycles. The first-order chi connectivity index (χ1) is 8.17. The molecule has 0 fully saturated rings. The number of rotatable bonds is 3. The van der Waals surface area contributed by atoms with Crippen molar-refractivity contribution in [3.05, 3.63) is 33.1 Å². The molecule has 0 aliphatic heterocycles. The molecule has 0 atom stereocenters. The van der Waals surface area contributed by atoms with Crippen LogP contribution in [0.2, 0.25) is 5.02 Å². The fourth-order valence-corrected chi connectivity index (χ4v) is 2.53. The van der Waals surface area contributed by atoms with Crippen LogP contribution in [0, 0.1) is 6.92 Å². The van der Waals surface area contributed by atoms with Gasteiger partial charge in [-0.1, -0.05) is 11.6 Å². The van der Waals surface area contributed by atoms with Crippen molar-refractivity contribution < 1.29 is 4.74 Å². The number of methoxy groups -OCH3 is 1. The number of nitrogens with two attached hydrogens (primary N) is 1. The molecule has 0 unspecified atom stereocenters. The molecule has 0 spiro atoms. The summed E-state index contributed by atoms with van der Waals surface area (Å²) in [6.07, 6.45) is 0. The summed E-state index contributed by atoms with van der Waals surface area (Å²) in [7, 11) is 1.61. The summed E-state index contributed by atoms with van der Waals surface area (Å²) in [6.45, 7) is 2.44. The lowest BCUT2D eigenvalue weighted by atomic mass is 10.1. The van der Waals surface area contributed by atoms with E-state index in [1.807, 2.05) is 18.5 Å². The van der Waals surface area contributed by atoms with Gasteiger partial charge in [0.15, 0.2) is 0 Å². The largest absolute Gasteiger partial charge is 0.496 e. The molecule has 0 bridgehead atoms. The van der Waals surface area contributed by atoms with E-state index < -0.39 is 0 Å². The molecule has 2 aromatic rings. The van der Waals surface area contributed by atoms with Gasteiger partial charge in [-0.05, 0) is 19.1 Å². The summed E-state index contributed by atoms with van der Waals surface area (Å²) >= 11 is 7.84. The lowest BCUT2D eigenvalue weighted by molar-refractivity contribution is 0.410. The minimum absolute atomic E-state index is 0.413. The van der Waals surface area contributed by atoms with Crippen LogP contribution in [0.25, 0.3) is 11.3 Å². The van der Waals surface area contributed by atoms with Crippen LogP contribution in [0.4, 0.5) is 0 Å². The molecular weight excluding hydrogens is 256 g/mol. The fraction of sp³-hybridized carbons (Fsp3) is 0.250. The van der Waals surface area contributed by atoms with Crippen molar-refractivity contribution in [1.29, 1.82) is 0 Å². The Bertz CT molecular complexity index is 539. The molecule has 0 amide bonds. The van der Waals surface area contributed by atoms with Crippen LogP contribution in [0.3, 0.4) is 0 Å². The third kappa shape index (κ3) is 2.29. The molecular formula is C12H13ClN2OS. The van der Waals surface area contributed by atoms with Crippen molar-refractivity contribution in [2.24, 2.45) is 5.73 Å². The summed E-state index contributed by atoms with van der Waals surface area (Å²) in [5.41, 5.74) is 10.3. The first-order valence-electron chi connectivity index (χ1n) is 5.14. The number of aryl methyl sites for hydroxylation is 1. The number of ether oxygens (including phenoxy) is 1. The van der Waals surface area contributed by atoms with Crippen LogP contribution >= 0.6 is 22.9 Å². The summed E-state index contributed by atoms with van der Waals surface area (Å²) in [6, 6.07) is 3.74. The third-order valence-corrected chi connectivity index (χ3v) is 3.66. The second-order valence-electron chi connectivity index (χ2n) is 3.61. The number of aromatic nitrogens is 1. The highest BCUT2D eigenvalue weighted by molar-refractivity contribution is 7.10.